The van der Waals surface area contributed by atoms with Gasteiger partial charge in [0.25, 0.3) is 0 Å². The molecule has 1 aliphatic rings. The first-order valence-electron chi connectivity index (χ1n) is 9.43. The molecule has 0 N–H and O–H groups in total. The van der Waals surface area contributed by atoms with E-state index in [2.05, 4.69) is 41.4 Å². The number of benzene rings is 1. The van der Waals surface area contributed by atoms with Gasteiger partial charge < -0.3 is 14.2 Å². The van der Waals surface area contributed by atoms with Crippen LogP contribution in [0.2, 0.25) is 0 Å². The molecular weight excluding hydrogens is 388 g/mol. The van der Waals surface area contributed by atoms with E-state index in [1.54, 1.807) is 24.8 Å². The predicted molar refractivity (Wildman–Crippen MR) is 111 cm³/mol. The molecule has 0 amide bonds. The fourth-order valence-electron chi connectivity index (χ4n) is 3.60. The molecule has 29 heavy (non-hydrogen) atoms. The molecule has 8 nitrogen and oxygen atoms in total. The van der Waals surface area contributed by atoms with Crippen LogP contribution in [0.15, 0.2) is 46.6 Å². The van der Waals surface area contributed by atoms with Crippen molar-refractivity contribution in [3.05, 3.63) is 47.9 Å². The van der Waals surface area contributed by atoms with Crippen LogP contribution in [0.5, 0.6) is 5.75 Å². The quantitative estimate of drug-likeness (QED) is 0.498. The summed E-state index contributed by atoms with van der Waals surface area (Å²) in [6.45, 7) is 4.24. The van der Waals surface area contributed by atoms with Crippen molar-refractivity contribution in [1.82, 2.24) is 25.0 Å². The minimum atomic E-state index is 0.553. The maximum absolute atomic E-state index is 5.49. The van der Waals surface area contributed by atoms with E-state index in [1.807, 2.05) is 24.3 Å². The van der Waals surface area contributed by atoms with Crippen molar-refractivity contribution in [3.63, 3.8) is 0 Å². The molecule has 1 fully saturated rings. The Morgan fingerprint density at radius 3 is 2.83 bits per heavy atom. The molecular formula is C20H20N6O2S. The molecule has 3 aromatic heterocycles. The van der Waals surface area contributed by atoms with E-state index >= 15 is 0 Å². The second-order valence-electron chi connectivity index (χ2n) is 6.81. The lowest BCUT2D eigenvalue weighted by Crippen LogP contribution is -2.46. The topological polar surface area (TPSA) is 80.4 Å². The van der Waals surface area contributed by atoms with Crippen molar-refractivity contribution in [3.8, 4) is 17.1 Å². The van der Waals surface area contributed by atoms with Gasteiger partial charge in [-0.25, -0.2) is 9.97 Å². The van der Waals surface area contributed by atoms with Gasteiger partial charge in [0.15, 0.2) is 0 Å². The highest BCUT2D eigenvalue weighted by atomic mass is 32.1. The number of rotatable bonds is 5. The van der Waals surface area contributed by atoms with E-state index in [-0.39, 0.29) is 0 Å². The third kappa shape index (κ3) is 3.54. The number of fused-ring (bicyclic) bond motifs is 1. The van der Waals surface area contributed by atoms with Crippen molar-refractivity contribution in [2.24, 2.45) is 0 Å². The second kappa shape index (κ2) is 7.76. The molecule has 4 heterocycles. The lowest BCUT2D eigenvalue weighted by Gasteiger charge is -2.34. The zero-order valence-corrected chi connectivity index (χ0v) is 16.8. The average molecular weight is 408 g/mol. The highest BCUT2D eigenvalue weighted by Gasteiger charge is 2.22. The summed E-state index contributed by atoms with van der Waals surface area (Å²) in [5, 5.41) is 7.32. The first kappa shape index (κ1) is 18.0. The Kier molecular flexibility index (Phi) is 4.82. The Labute approximate surface area is 171 Å². The Balaban J connectivity index is 1.25. The van der Waals surface area contributed by atoms with Gasteiger partial charge in [0.05, 0.1) is 24.6 Å². The molecule has 0 bridgehead atoms. The first-order valence-corrected chi connectivity index (χ1v) is 10.3. The van der Waals surface area contributed by atoms with Gasteiger partial charge in [0, 0.05) is 26.2 Å². The maximum Gasteiger partial charge on any atom is 0.241 e. The summed E-state index contributed by atoms with van der Waals surface area (Å²) in [5.41, 5.74) is 0.832. The minimum Gasteiger partial charge on any atom is -0.496 e. The summed E-state index contributed by atoms with van der Waals surface area (Å²) < 4.78 is 10.9. The number of hydrogen-bond acceptors (Lipinski definition) is 9. The largest absolute Gasteiger partial charge is 0.496 e. The Morgan fingerprint density at radius 1 is 1.10 bits per heavy atom. The Hall–Kier alpha value is -3.04. The molecule has 148 valence electrons. The zero-order valence-electron chi connectivity index (χ0n) is 16.0. The zero-order chi connectivity index (χ0) is 19.6. The Bertz CT molecular complexity index is 1120. The third-order valence-corrected chi connectivity index (χ3v) is 5.91. The van der Waals surface area contributed by atoms with Crippen molar-refractivity contribution >= 4 is 27.4 Å². The molecule has 0 aliphatic carbocycles. The van der Waals surface area contributed by atoms with Crippen molar-refractivity contribution in [2.75, 3.05) is 38.2 Å². The van der Waals surface area contributed by atoms with Crippen molar-refractivity contribution in [1.29, 1.82) is 0 Å². The van der Waals surface area contributed by atoms with Gasteiger partial charge >= 0.3 is 0 Å². The molecule has 5 rings (SSSR count). The van der Waals surface area contributed by atoms with Crippen LogP contribution < -0.4 is 9.64 Å². The third-order valence-electron chi connectivity index (χ3n) is 5.09. The van der Waals surface area contributed by atoms with Crippen LogP contribution in [0, 0.1) is 0 Å². The summed E-state index contributed by atoms with van der Waals surface area (Å²) in [4.78, 5) is 19.1. The van der Waals surface area contributed by atoms with Gasteiger partial charge in [0.1, 0.15) is 22.7 Å². The number of aromatic nitrogens is 4. The maximum atomic E-state index is 5.49. The molecule has 0 atom stereocenters. The summed E-state index contributed by atoms with van der Waals surface area (Å²) in [6.07, 6.45) is 1.65. The van der Waals surface area contributed by atoms with E-state index in [9.17, 15) is 0 Å². The fraction of sp³-hybridized carbons (Fsp3) is 0.300. The summed E-state index contributed by atoms with van der Waals surface area (Å²) in [7, 11) is 1.64. The van der Waals surface area contributed by atoms with Crippen LogP contribution in [0.4, 0.5) is 5.82 Å². The predicted octanol–water partition coefficient (Wildman–Crippen LogP) is 3.07. The van der Waals surface area contributed by atoms with Gasteiger partial charge in [0.2, 0.25) is 11.7 Å². The highest BCUT2D eigenvalue weighted by molar-refractivity contribution is 7.16. The molecule has 0 unspecified atom stereocenters. The molecule has 0 saturated carbocycles. The molecule has 0 radical (unpaired) electrons. The normalized spacial score (nSPS) is 15.1. The number of nitrogens with zero attached hydrogens (tertiary/aromatic N) is 6. The van der Waals surface area contributed by atoms with Crippen molar-refractivity contribution in [2.45, 2.75) is 6.54 Å². The number of hydrogen-bond donors (Lipinski definition) is 0. The van der Waals surface area contributed by atoms with E-state index in [0.717, 1.165) is 53.5 Å². The average Bonchev–Trinajstić information content (AvgIpc) is 3.43. The van der Waals surface area contributed by atoms with Crippen LogP contribution in [-0.4, -0.2) is 58.3 Å². The van der Waals surface area contributed by atoms with Gasteiger partial charge in [-0.2, -0.15) is 4.98 Å². The number of para-hydroxylation sites is 1. The smallest absolute Gasteiger partial charge is 0.241 e. The van der Waals surface area contributed by atoms with E-state index in [1.165, 1.54) is 0 Å². The van der Waals surface area contributed by atoms with Crippen molar-refractivity contribution < 1.29 is 9.26 Å². The number of piperazine rings is 1. The standard InChI is InChI=1S/C20H20N6O2S/c1-27-16-5-3-2-4-14(16)18-23-17(28-24-18)12-25-7-9-26(10-8-25)19-15-6-11-29-20(15)22-13-21-19/h2-6,11,13H,7-10,12H2,1H3. The first-order chi connectivity index (χ1) is 14.3. The lowest BCUT2D eigenvalue weighted by atomic mass is 10.2. The highest BCUT2D eigenvalue weighted by Crippen LogP contribution is 2.29. The summed E-state index contributed by atoms with van der Waals surface area (Å²) in [5.74, 6) is 2.92. The van der Waals surface area contributed by atoms with Gasteiger partial charge in [-0.05, 0) is 23.6 Å². The second-order valence-corrected chi connectivity index (χ2v) is 7.71. The molecule has 1 aromatic carbocycles. The van der Waals surface area contributed by atoms with Gasteiger partial charge in [-0.3, -0.25) is 4.90 Å². The molecule has 9 heteroatoms. The van der Waals surface area contributed by atoms with Crippen LogP contribution in [-0.2, 0) is 6.54 Å². The van der Waals surface area contributed by atoms with Crippen LogP contribution in [0.1, 0.15) is 5.89 Å². The molecule has 1 aliphatic heterocycles. The summed E-state index contributed by atoms with van der Waals surface area (Å²) >= 11 is 1.65. The van der Waals surface area contributed by atoms with Crippen LogP contribution in [0.3, 0.4) is 0 Å². The minimum absolute atomic E-state index is 0.553. The van der Waals surface area contributed by atoms with E-state index in [0.29, 0.717) is 18.3 Å². The van der Waals surface area contributed by atoms with E-state index < -0.39 is 0 Å². The van der Waals surface area contributed by atoms with Crippen LogP contribution >= 0.6 is 11.3 Å². The molecule has 4 aromatic rings. The monoisotopic (exact) mass is 408 g/mol. The fourth-order valence-corrected chi connectivity index (χ4v) is 4.32. The number of methoxy groups -OCH3 is 1. The molecule has 0 spiro atoms. The lowest BCUT2D eigenvalue weighted by molar-refractivity contribution is 0.215. The number of thiophene rings is 1. The van der Waals surface area contributed by atoms with Gasteiger partial charge in [-0.15, -0.1) is 11.3 Å². The van der Waals surface area contributed by atoms with E-state index in [4.69, 9.17) is 9.26 Å². The summed E-state index contributed by atoms with van der Waals surface area (Å²) in [6, 6.07) is 9.77. The van der Waals surface area contributed by atoms with Gasteiger partial charge in [-0.1, -0.05) is 17.3 Å². The molecule has 1 saturated heterocycles. The SMILES string of the molecule is COc1ccccc1-c1noc(CN2CCN(c3ncnc4sccc34)CC2)n1. The Morgan fingerprint density at radius 2 is 1.97 bits per heavy atom. The number of ether oxygens (including phenoxy) is 1. The number of anilines is 1. The van der Waals surface area contributed by atoms with Crippen LogP contribution in [0.25, 0.3) is 21.6 Å².